The first kappa shape index (κ1) is 44.1. The highest BCUT2D eigenvalue weighted by atomic mass is 16.7. The first-order valence-corrected chi connectivity index (χ1v) is 20.5. The minimum atomic E-state index is -0.911. The molecule has 312 valence electrons. The van der Waals surface area contributed by atoms with Crippen LogP contribution < -0.4 is 10.1 Å². The second-order valence-corrected chi connectivity index (χ2v) is 17.3. The Kier molecular flexibility index (Phi) is 14.8. The van der Waals surface area contributed by atoms with Crippen LogP contribution in [0.15, 0.2) is 85.7 Å². The Hall–Kier alpha value is -4.00. The maximum atomic E-state index is 14.3. The third kappa shape index (κ3) is 9.83. The molecule has 5 aliphatic rings. The second-order valence-electron chi connectivity index (χ2n) is 17.3. The van der Waals surface area contributed by atoms with Gasteiger partial charge in [0.1, 0.15) is 17.9 Å². The number of hydroxylamine groups is 2. The van der Waals surface area contributed by atoms with Gasteiger partial charge in [0.25, 0.3) is 0 Å². The van der Waals surface area contributed by atoms with Gasteiger partial charge >= 0.3 is 0 Å². The first-order chi connectivity index (χ1) is 27.1. The van der Waals surface area contributed by atoms with E-state index in [1.54, 1.807) is 31.2 Å². The average Bonchev–Trinajstić information content (AvgIpc) is 3.55. The lowest BCUT2D eigenvalue weighted by Crippen LogP contribution is -2.62. The highest BCUT2D eigenvalue weighted by molar-refractivity contribution is 5.92. The number of para-hydroxylation sites is 1. The van der Waals surface area contributed by atoms with E-state index in [4.69, 9.17) is 9.57 Å². The molecule has 11 heteroatoms. The predicted octanol–water partition coefficient (Wildman–Crippen LogP) is 5.20. The molecular formula is C46H67N5O6. The Bertz CT molecular complexity index is 1730. The molecule has 2 heterocycles. The molecular weight excluding hydrogens is 719 g/mol. The predicted molar refractivity (Wildman–Crippen MR) is 227 cm³/mol. The number of carbonyl (C=O) groups is 2. The van der Waals surface area contributed by atoms with Gasteiger partial charge in [-0.3, -0.25) is 14.4 Å². The maximum absolute atomic E-state index is 14.3. The van der Waals surface area contributed by atoms with Gasteiger partial charge in [0.15, 0.2) is 0 Å². The van der Waals surface area contributed by atoms with E-state index in [1.165, 1.54) is 6.42 Å². The lowest BCUT2D eigenvalue weighted by molar-refractivity contribution is -0.183. The molecule has 0 unspecified atom stereocenters. The summed E-state index contributed by atoms with van der Waals surface area (Å²) in [6, 6.07) is 4.97. The van der Waals surface area contributed by atoms with Gasteiger partial charge < -0.3 is 35.0 Å². The van der Waals surface area contributed by atoms with Crippen LogP contribution in [0, 0.1) is 29.1 Å². The number of rotatable bonds is 16. The zero-order chi connectivity index (χ0) is 41.6. The molecule has 2 saturated heterocycles. The van der Waals surface area contributed by atoms with E-state index in [1.807, 2.05) is 72.5 Å². The SMILES string of the molecule is C=C/C=C\C=C\C[C@H]1CN(C)CCN1C(=O)/C=C/C(=C\C(=C)N(C)C)c1cccc(CN2O[C@@H](CO)[C@@H]([C@H](C)O)[C@H]2C(=O)N[C@H]2C[C@H]3C[C@@H]([C@@H]2C)C3(C)C)c1OC. The number of carbonyl (C=O) groups excluding carboxylic acids is 2. The van der Waals surface area contributed by atoms with Gasteiger partial charge in [-0.2, -0.15) is 5.06 Å². The van der Waals surface area contributed by atoms with Gasteiger partial charge in [0.2, 0.25) is 11.8 Å². The fourth-order valence-electron chi connectivity index (χ4n) is 9.57. The maximum Gasteiger partial charge on any atom is 0.246 e. The van der Waals surface area contributed by atoms with Crippen molar-refractivity contribution in [2.45, 2.75) is 83.8 Å². The van der Waals surface area contributed by atoms with Crippen molar-refractivity contribution >= 4 is 17.4 Å². The number of nitrogens with one attached hydrogen (secondary N) is 1. The molecule has 11 nitrogen and oxygen atoms in total. The molecule has 1 aromatic carbocycles. The van der Waals surface area contributed by atoms with Gasteiger partial charge in [0, 0.05) is 74.6 Å². The highest BCUT2D eigenvalue weighted by Gasteiger charge is 2.57. The molecule has 2 amide bonds. The zero-order valence-corrected chi connectivity index (χ0v) is 35.4. The smallest absolute Gasteiger partial charge is 0.246 e. The zero-order valence-electron chi connectivity index (χ0n) is 35.4. The molecule has 3 N–H and O–H groups in total. The summed E-state index contributed by atoms with van der Waals surface area (Å²) < 4.78 is 6.11. The molecule has 5 fully saturated rings. The van der Waals surface area contributed by atoms with Crippen molar-refractivity contribution in [1.29, 1.82) is 0 Å². The third-order valence-electron chi connectivity index (χ3n) is 13.2. The summed E-state index contributed by atoms with van der Waals surface area (Å²) in [5.41, 5.74) is 3.20. The van der Waals surface area contributed by atoms with Gasteiger partial charge in [-0.05, 0) is 74.1 Å². The van der Waals surface area contributed by atoms with Gasteiger partial charge in [0.05, 0.1) is 26.4 Å². The van der Waals surface area contributed by atoms with E-state index in [0.717, 1.165) is 48.3 Å². The van der Waals surface area contributed by atoms with Crippen LogP contribution in [0.3, 0.4) is 0 Å². The minimum absolute atomic E-state index is 0.0222. The summed E-state index contributed by atoms with van der Waals surface area (Å²) in [5.74, 6) is 1.05. The van der Waals surface area contributed by atoms with E-state index in [-0.39, 0.29) is 42.5 Å². The second kappa shape index (κ2) is 19.2. The number of methoxy groups -OCH3 is 1. The monoisotopic (exact) mass is 786 g/mol. The van der Waals surface area contributed by atoms with E-state index in [2.05, 4.69) is 57.3 Å². The number of allylic oxidation sites excluding steroid dienone is 7. The molecule has 3 aliphatic carbocycles. The fraction of sp³-hybridized carbons (Fsp3) is 0.565. The highest BCUT2D eigenvalue weighted by Crippen LogP contribution is 2.61. The summed E-state index contributed by atoms with van der Waals surface area (Å²) in [5, 5.41) is 26.3. The molecule has 6 rings (SSSR count). The number of nitrogens with zero attached hydrogens (tertiary/aromatic N) is 4. The van der Waals surface area contributed by atoms with Crippen LogP contribution in [0.25, 0.3) is 5.57 Å². The number of hydrogen-bond acceptors (Lipinski definition) is 9. The van der Waals surface area contributed by atoms with Gasteiger partial charge in [-0.1, -0.05) is 82.5 Å². The summed E-state index contributed by atoms with van der Waals surface area (Å²) in [7, 11) is 7.50. The van der Waals surface area contributed by atoms with E-state index in [0.29, 0.717) is 30.0 Å². The Balaban J connectivity index is 1.43. The van der Waals surface area contributed by atoms with Crippen molar-refractivity contribution < 1.29 is 29.4 Å². The lowest BCUT2D eigenvalue weighted by Gasteiger charge is -2.62. The van der Waals surface area contributed by atoms with Crippen molar-refractivity contribution in [3.8, 4) is 5.75 Å². The first-order valence-electron chi connectivity index (χ1n) is 20.5. The van der Waals surface area contributed by atoms with Gasteiger partial charge in [-0.15, -0.1) is 0 Å². The average molecular weight is 786 g/mol. The van der Waals surface area contributed by atoms with E-state index in [9.17, 15) is 19.8 Å². The van der Waals surface area contributed by atoms with Crippen LogP contribution in [0.1, 0.15) is 58.1 Å². The van der Waals surface area contributed by atoms with Crippen LogP contribution in [-0.2, 0) is 21.0 Å². The van der Waals surface area contributed by atoms with E-state index >= 15 is 0 Å². The number of benzene rings is 1. The molecule has 2 aliphatic heterocycles. The fourth-order valence-corrected chi connectivity index (χ4v) is 9.57. The summed E-state index contributed by atoms with van der Waals surface area (Å²) >= 11 is 0. The number of hydrogen-bond donors (Lipinski definition) is 3. The van der Waals surface area contributed by atoms with Crippen LogP contribution in [-0.4, -0.2) is 127 Å². The van der Waals surface area contributed by atoms with Crippen LogP contribution in [0.5, 0.6) is 5.75 Å². The Labute approximate surface area is 341 Å². The number of likely N-dealkylation sites (N-methyl/N-ethyl adjacent to an activating group) is 2. The van der Waals surface area contributed by atoms with Crippen molar-refractivity contribution in [2.24, 2.45) is 29.1 Å². The van der Waals surface area contributed by atoms with Crippen LogP contribution in [0.2, 0.25) is 0 Å². The Morgan fingerprint density at radius 3 is 2.54 bits per heavy atom. The Morgan fingerprint density at radius 2 is 1.91 bits per heavy atom. The minimum Gasteiger partial charge on any atom is -0.496 e. The summed E-state index contributed by atoms with van der Waals surface area (Å²) in [6.07, 6.45) is 16.1. The molecule has 0 radical (unpaired) electrons. The molecule has 0 aromatic heterocycles. The summed E-state index contributed by atoms with van der Waals surface area (Å²) in [4.78, 5) is 40.6. The summed E-state index contributed by atoms with van der Waals surface area (Å²) in [6.45, 7) is 18.5. The molecule has 3 saturated carbocycles. The van der Waals surface area contributed by atoms with Crippen LogP contribution in [0.4, 0.5) is 0 Å². The Morgan fingerprint density at radius 1 is 1.16 bits per heavy atom. The molecule has 2 bridgehead atoms. The van der Waals surface area contributed by atoms with Crippen molar-refractivity contribution in [3.63, 3.8) is 0 Å². The largest absolute Gasteiger partial charge is 0.496 e. The number of amides is 2. The lowest BCUT2D eigenvalue weighted by atomic mass is 9.45. The number of aliphatic hydroxyl groups excluding tert-OH is 2. The number of ether oxygens (including phenoxy) is 1. The van der Waals surface area contributed by atoms with E-state index < -0.39 is 24.2 Å². The topological polar surface area (TPSA) is 118 Å². The van der Waals surface area contributed by atoms with Crippen molar-refractivity contribution in [1.82, 2.24) is 25.1 Å². The number of aliphatic hydroxyl groups is 2. The normalized spacial score (nSPS) is 29.8. The number of fused-ring (bicyclic) bond motifs is 2. The molecule has 57 heavy (non-hydrogen) atoms. The molecule has 9 atom stereocenters. The quantitative estimate of drug-likeness (QED) is 0.154. The number of piperazine rings is 1. The third-order valence-corrected chi connectivity index (χ3v) is 13.2. The standard InChI is InChI=1S/C46H67N5O6/c1-11-12-13-14-15-18-36-28-49(9)22-23-50(36)41(54)21-20-33(24-30(2)48(7)8)37-19-16-17-34(44(37)56-10)27-51-43(42(32(4)53)40(29-52)57-51)45(55)47-39-26-35-25-38(31(39)3)46(35,5)6/h11-17,19-21,24,31-32,35-36,38-40,42-43,52-53H,1-2,18,22-23,25-29H2,3-10H3,(H,47,55)/b13-12-,15-14+,21-20+,33-24+/t31-,32-,35+,36-,38-,39-,40-,42+,43-/m0/s1. The van der Waals surface area contributed by atoms with Crippen LogP contribution >= 0.6 is 0 Å². The molecule has 1 aromatic rings. The van der Waals surface area contributed by atoms with Crippen molar-refractivity contribution in [3.05, 3.63) is 96.8 Å². The van der Waals surface area contributed by atoms with Gasteiger partial charge in [-0.25, -0.2) is 0 Å². The van der Waals surface area contributed by atoms with Crippen molar-refractivity contribution in [2.75, 3.05) is 54.5 Å². The molecule has 0 spiro atoms.